The highest BCUT2D eigenvalue weighted by Gasteiger charge is 2.28. The van der Waals surface area contributed by atoms with Crippen molar-refractivity contribution in [2.75, 3.05) is 11.9 Å². The Hall–Kier alpha value is -1.13. The number of nitrogens with zero attached hydrogens (tertiary/aromatic N) is 1. The average molecular weight is 267 g/mol. The smallest absolute Gasteiger partial charge is 0.123 e. The van der Waals surface area contributed by atoms with Gasteiger partial charge in [-0.1, -0.05) is 12.8 Å². The van der Waals surface area contributed by atoms with Gasteiger partial charge < -0.3 is 15.1 Å². The van der Waals surface area contributed by atoms with Gasteiger partial charge in [0, 0.05) is 18.3 Å². The van der Waals surface area contributed by atoms with Crippen molar-refractivity contribution < 1.29 is 14.6 Å². The van der Waals surface area contributed by atoms with Gasteiger partial charge in [-0.25, -0.2) is 4.39 Å². The molecule has 1 aliphatic carbocycles. The lowest BCUT2D eigenvalue weighted by atomic mass is 9.91. The number of halogens is 1. The van der Waals surface area contributed by atoms with Gasteiger partial charge in [-0.05, 0) is 38.0 Å². The molecule has 1 saturated carbocycles. The molecule has 1 fully saturated rings. The number of anilines is 1. The van der Waals surface area contributed by atoms with Gasteiger partial charge in [-0.15, -0.1) is 0 Å². The third-order valence-electron chi connectivity index (χ3n) is 4.01. The van der Waals surface area contributed by atoms with Crippen LogP contribution in [0.15, 0.2) is 18.2 Å². The Morgan fingerprint density at radius 3 is 2.63 bits per heavy atom. The molecule has 1 aliphatic rings. The second kappa shape index (κ2) is 5.88. The van der Waals surface area contributed by atoms with E-state index in [1.807, 2.05) is 11.9 Å². The van der Waals surface area contributed by atoms with Crippen LogP contribution < -0.4 is 4.90 Å². The van der Waals surface area contributed by atoms with Gasteiger partial charge in [0.15, 0.2) is 0 Å². The quantitative estimate of drug-likeness (QED) is 0.884. The normalized spacial score (nSPS) is 25.1. The second-order valence-corrected chi connectivity index (χ2v) is 5.41. The van der Waals surface area contributed by atoms with Crippen molar-refractivity contribution >= 4 is 5.69 Å². The van der Waals surface area contributed by atoms with Crippen LogP contribution in [0.4, 0.5) is 10.1 Å². The summed E-state index contributed by atoms with van der Waals surface area (Å²) in [6.07, 6.45) is 2.80. The van der Waals surface area contributed by atoms with Crippen molar-refractivity contribution in [1.82, 2.24) is 0 Å². The summed E-state index contributed by atoms with van der Waals surface area (Å²) in [6, 6.07) is 4.48. The summed E-state index contributed by atoms with van der Waals surface area (Å²) in [6.45, 7) is 1.63. The molecule has 2 rings (SSSR count). The van der Waals surface area contributed by atoms with Crippen LogP contribution in [0, 0.1) is 5.82 Å². The van der Waals surface area contributed by atoms with E-state index in [-0.39, 0.29) is 18.0 Å². The van der Waals surface area contributed by atoms with Crippen molar-refractivity contribution in [2.24, 2.45) is 0 Å². The first-order chi connectivity index (χ1) is 9.00. The van der Waals surface area contributed by atoms with E-state index >= 15 is 0 Å². The highest BCUT2D eigenvalue weighted by Crippen LogP contribution is 2.32. The summed E-state index contributed by atoms with van der Waals surface area (Å²) in [5.74, 6) is -0.350. The van der Waals surface area contributed by atoms with E-state index in [0.29, 0.717) is 5.56 Å². The molecule has 106 valence electrons. The molecule has 0 spiro atoms. The van der Waals surface area contributed by atoms with Gasteiger partial charge in [0.25, 0.3) is 0 Å². The number of aliphatic hydroxyl groups is 2. The van der Waals surface area contributed by atoms with Crippen LogP contribution in [0.2, 0.25) is 0 Å². The number of likely N-dealkylation sites (N-methyl/N-ethyl adjacent to an activating group) is 1. The molecule has 4 heteroatoms. The average Bonchev–Trinajstić information content (AvgIpc) is 2.38. The summed E-state index contributed by atoms with van der Waals surface area (Å²) in [4.78, 5) is 1.98. The predicted octanol–water partition coefficient (Wildman–Crippen LogP) is 2.62. The monoisotopic (exact) mass is 267 g/mol. The largest absolute Gasteiger partial charge is 0.391 e. The molecule has 2 N–H and O–H groups in total. The van der Waals surface area contributed by atoms with Gasteiger partial charge in [-0.2, -0.15) is 0 Å². The summed E-state index contributed by atoms with van der Waals surface area (Å²) in [5, 5.41) is 19.9. The molecule has 0 aromatic heterocycles. The maximum Gasteiger partial charge on any atom is 0.123 e. The number of hydrogen-bond acceptors (Lipinski definition) is 3. The zero-order valence-corrected chi connectivity index (χ0v) is 11.5. The Morgan fingerprint density at radius 2 is 2.00 bits per heavy atom. The maximum atomic E-state index is 13.3. The molecular weight excluding hydrogens is 245 g/mol. The van der Waals surface area contributed by atoms with Crippen molar-refractivity contribution in [2.45, 2.75) is 50.9 Å². The summed E-state index contributed by atoms with van der Waals surface area (Å²) in [7, 11) is 1.90. The van der Waals surface area contributed by atoms with Crippen LogP contribution in [-0.2, 0) is 0 Å². The molecule has 19 heavy (non-hydrogen) atoms. The topological polar surface area (TPSA) is 43.7 Å². The van der Waals surface area contributed by atoms with E-state index in [0.717, 1.165) is 31.4 Å². The Bertz CT molecular complexity index is 436. The van der Waals surface area contributed by atoms with Gasteiger partial charge in [0.2, 0.25) is 0 Å². The van der Waals surface area contributed by atoms with Gasteiger partial charge in [0.1, 0.15) is 5.82 Å². The third kappa shape index (κ3) is 3.07. The molecule has 0 radical (unpaired) electrons. The summed E-state index contributed by atoms with van der Waals surface area (Å²) in [5.41, 5.74) is 1.36. The zero-order chi connectivity index (χ0) is 14.0. The van der Waals surface area contributed by atoms with E-state index < -0.39 is 6.10 Å². The molecule has 3 atom stereocenters. The minimum Gasteiger partial charge on any atom is -0.391 e. The van der Waals surface area contributed by atoms with Crippen LogP contribution in [0.1, 0.15) is 44.3 Å². The fourth-order valence-electron chi connectivity index (χ4n) is 2.90. The highest BCUT2D eigenvalue weighted by atomic mass is 19.1. The van der Waals surface area contributed by atoms with Crippen LogP contribution in [0.3, 0.4) is 0 Å². The lowest BCUT2D eigenvalue weighted by Crippen LogP contribution is -2.43. The summed E-state index contributed by atoms with van der Waals surface area (Å²) >= 11 is 0. The van der Waals surface area contributed by atoms with Crippen LogP contribution in [-0.4, -0.2) is 29.4 Å². The van der Waals surface area contributed by atoms with Crippen LogP contribution in [0.25, 0.3) is 0 Å². The molecule has 1 aromatic carbocycles. The molecule has 0 heterocycles. The standard InChI is InChI=1S/C15H22FNO2/c1-10(18)12-9-11(16)7-8-13(12)17(2)14-5-3-4-6-15(14)19/h7-10,14-15,18-19H,3-6H2,1-2H3. The van der Waals surface area contributed by atoms with Crippen molar-refractivity contribution in [3.63, 3.8) is 0 Å². The van der Waals surface area contributed by atoms with E-state index in [4.69, 9.17) is 0 Å². The lowest BCUT2D eigenvalue weighted by molar-refractivity contribution is 0.106. The number of rotatable bonds is 3. The second-order valence-electron chi connectivity index (χ2n) is 5.41. The first-order valence-electron chi connectivity index (χ1n) is 6.89. The molecule has 0 bridgehead atoms. The van der Waals surface area contributed by atoms with Crippen molar-refractivity contribution in [3.8, 4) is 0 Å². The fraction of sp³-hybridized carbons (Fsp3) is 0.600. The minimum absolute atomic E-state index is 0.0386. The van der Waals surface area contributed by atoms with Crippen LogP contribution >= 0.6 is 0 Å². The Kier molecular flexibility index (Phi) is 4.42. The molecule has 3 nitrogen and oxygen atoms in total. The van der Waals surface area contributed by atoms with E-state index in [9.17, 15) is 14.6 Å². The zero-order valence-electron chi connectivity index (χ0n) is 11.5. The van der Waals surface area contributed by atoms with Crippen LogP contribution in [0.5, 0.6) is 0 Å². The first-order valence-corrected chi connectivity index (χ1v) is 6.89. The summed E-state index contributed by atoms with van der Waals surface area (Å²) < 4.78 is 13.3. The SMILES string of the molecule is CC(O)c1cc(F)ccc1N(C)C1CCCCC1O. The van der Waals surface area contributed by atoms with E-state index in [2.05, 4.69) is 0 Å². The van der Waals surface area contributed by atoms with E-state index in [1.54, 1.807) is 13.0 Å². The fourth-order valence-corrected chi connectivity index (χ4v) is 2.90. The molecule has 0 aliphatic heterocycles. The van der Waals surface area contributed by atoms with Gasteiger partial charge in [-0.3, -0.25) is 0 Å². The molecule has 1 aromatic rings. The van der Waals surface area contributed by atoms with Crippen molar-refractivity contribution in [1.29, 1.82) is 0 Å². The Labute approximate surface area is 113 Å². The Morgan fingerprint density at radius 1 is 1.32 bits per heavy atom. The number of benzene rings is 1. The minimum atomic E-state index is -0.728. The van der Waals surface area contributed by atoms with Crippen molar-refractivity contribution in [3.05, 3.63) is 29.6 Å². The van der Waals surface area contributed by atoms with Gasteiger partial charge in [0.05, 0.1) is 18.2 Å². The molecule has 3 unspecified atom stereocenters. The molecule has 0 saturated heterocycles. The maximum absolute atomic E-state index is 13.3. The van der Waals surface area contributed by atoms with E-state index in [1.165, 1.54) is 12.1 Å². The Balaban J connectivity index is 2.29. The first kappa shape index (κ1) is 14.3. The van der Waals surface area contributed by atoms with Gasteiger partial charge >= 0.3 is 0 Å². The molecule has 0 amide bonds. The third-order valence-corrected chi connectivity index (χ3v) is 4.01. The number of hydrogen-bond donors (Lipinski definition) is 2. The molecular formula is C15H22FNO2. The predicted molar refractivity (Wildman–Crippen MR) is 73.7 cm³/mol. The lowest BCUT2D eigenvalue weighted by Gasteiger charge is -2.37. The highest BCUT2D eigenvalue weighted by molar-refractivity contribution is 5.55. The number of aliphatic hydroxyl groups excluding tert-OH is 2.